The van der Waals surface area contributed by atoms with Crippen molar-refractivity contribution in [3.05, 3.63) is 79.0 Å². The number of anilines is 1. The Hall–Kier alpha value is -3.10. The molecular weight excluding hydrogens is 426 g/mol. The van der Waals surface area contributed by atoms with Crippen molar-refractivity contribution in [2.75, 3.05) is 11.1 Å². The summed E-state index contributed by atoms with van der Waals surface area (Å²) in [6.07, 6.45) is 1.73. The van der Waals surface area contributed by atoms with Gasteiger partial charge >= 0.3 is 0 Å². The average molecular weight is 448 g/mol. The molecule has 0 unspecified atom stereocenters. The number of pyridine rings is 1. The van der Waals surface area contributed by atoms with Crippen LogP contribution in [-0.4, -0.2) is 31.4 Å². The van der Waals surface area contributed by atoms with E-state index in [4.69, 9.17) is 0 Å². The first-order chi connectivity index (χ1) is 15.2. The van der Waals surface area contributed by atoms with Gasteiger partial charge in [0, 0.05) is 22.5 Å². The molecule has 8 heteroatoms. The topological polar surface area (TPSA) is 72.7 Å². The second-order valence-corrected chi connectivity index (χ2v) is 8.57. The Morgan fingerprint density at radius 2 is 1.74 bits per heavy atom. The van der Waals surface area contributed by atoms with Crippen LogP contribution < -0.4 is 5.32 Å². The van der Waals surface area contributed by atoms with Crippen molar-refractivity contribution in [3.63, 3.8) is 0 Å². The molecule has 2 heterocycles. The fraction of sp³-hybridized carbons (Fsp3) is 0.130. The number of rotatable bonds is 8. The Bertz CT molecular complexity index is 1150. The van der Waals surface area contributed by atoms with Crippen LogP contribution in [0.3, 0.4) is 0 Å². The fourth-order valence-electron chi connectivity index (χ4n) is 2.96. The van der Waals surface area contributed by atoms with Gasteiger partial charge in [0.25, 0.3) is 0 Å². The number of amides is 1. The molecule has 4 rings (SSSR count). The molecule has 4 aromatic rings. The first-order valence-electron chi connectivity index (χ1n) is 9.84. The van der Waals surface area contributed by atoms with E-state index in [9.17, 15) is 4.79 Å². The Balaban J connectivity index is 1.42. The highest BCUT2D eigenvalue weighted by atomic mass is 32.2. The molecule has 31 heavy (non-hydrogen) atoms. The second-order valence-electron chi connectivity index (χ2n) is 6.51. The largest absolute Gasteiger partial charge is 0.324 e. The van der Waals surface area contributed by atoms with E-state index < -0.39 is 0 Å². The molecule has 0 fully saturated rings. The molecule has 6 nitrogen and oxygen atoms in total. The molecule has 0 aliphatic heterocycles. The minimum Gasteiger partial charge on any atom is -0.324 e. The van der Waals surface area contributed by atoms with Gasteiger partial charge in [-0.2, -0.15) is 0 Å². The SMILES string of the molecule is CCn1c(SCC(=O)Nc2ccccc2Sc2ccccc2)nnc1-c1ccccn1. The Labute approximate surface area is 189 Å². The standard InChI is InChI=1S/C23H21N5OS2/c1-2-28-22(19-13-8-9-15-24-19)26-27-23(28)30-16-21(29)25-18-12-6-7-14-20(18)31-17-10-4-3-5-11-17/h3-15H,2,16H2,1H3,(H,25,29). The van der Waals surface area contributed by atoms with Crippen LogP contribution in [0.15, 0.2) is 93.9 Å². The highest BCUT2D eigenvalue weighted by Crippen LogP contribution is 2.33. The number of hydrogen-bond donors (Lipinski definition) is 1. The Morgan fingerprint density at radius 1 is 0.968 bits per heavy atom. The minimum atomic E-state index is -0.0869. The monoisotopic (exact) mass is 447 g/mol. The predicted molar refractivity (Wildman–Crippen MR) is 125 cm³/mol. The number of nitrogens with one attached hydrogen (secondary N) is 1. The van der Waals surface area contributed by atoms with Crippen molar-refractivity contribution in [3.8, 4) is 11.5 Å². The lowest BCUT2D eigenvalue weighted by Crippen LogP contribution is -2.15. The summed E-state index contributed by atoms with van der Waals surface area (Å²) < 4.78 is 1.97. The summed E-state index contributed by atoms with van der Waals surface area (Å²) >= 11 is 2.99. The van der Waals surface area contributed by atoms with Gasteiger partial charge in [-0.05, 0) is 43.3 Å². The van der Waals surface area contributed by atoms with Crippen molar-refractivity contribution < 1.29 is 4.79 Å². The van der Waals surface area contributed by atoms with Crippen LogP contribution in [0.2, 0.25) is 0 Å². The molecule has 0 atom stereocenters. The van der Waals surface area contributed by atoms with Gasteiger partial charge in [-0.3, -0.25) is 9.78 Å². The van der Waals surface area contributed by atoms with Crippen molar-refractivity contribution in [2.45, 2.75) is 28.4 Å². The van der Waals surface area contributed by atoms with Crippen LogP contribution in [-0.2, 0) is 11.3 Å². The predicted octanol–water partition coefficient (Wildman–Crippen LogP) is 5.24. The number of para-hydroxylation sites is 1. The third-order valence-corrected chi connectivity index (χ3v) is 6.44. The molecule has 0 spiro atoms. The molecular formula is C23H21N5OS2. The molecule has 1 N–H and O–H groups in total. The number of hydrogen-bond acceptors (Lipinski definition) is 6. The molecule has 0 radical (unpaired) electrons. The quantitative estimate of drug-likeness (QED) is 0.372. The van der Waals surface area contributed by atoms with Gasteiger partial charge in [0.15, 0.2) is 11.0 Å². The lowest BCUT2D eigenvalue weighted by molar-refractivity contribution is -0.113. The van der Waals surface area contributed by atoms with E-state index in [2.05, 4.69) is 32.6 Å². The maximum absolute atomic E-state index is 12.7. The average Bonchev–Trinajstić information content (AvgIpc) is 3.23. The van der Waals surface area contributed by atoms with Crippen LogP contribution in [0.25, 0.3) is 11.5 Å². The lowest BCUT2D eigenvalue weighted by Gasteiger charge is -2.11. The van der Waals surface area contributed by atoms with E-state index >= 15 is 0 Å². The van der Waals surface area contributed by atoms with Gasteiger partial charge in [0.2, 0.25) is 5.91 Å². The summed E-state index contributed by atoms with van der Waals surface area (Å²) in [5.74, 6) is 0.858. The third kappa shape index (κ3) is 5.34. The zero-order valence-electron chi connectivity index (χ0n) is 16.9. The maximum Gasteiger partial charge on any atom is 0.234 e. The first kappa shape index (κ1) is 21.1. The zero-order valence-corrected chi connectivity index (χ0v) is 18.6. The van der Waals surface area contributed by atoms with Crippen LogP contribution in [0.4, 0.5) is 5.69 Å². The summed E-state index contributed by atoms with van der Waals surface area (Å²) in [7, 11) is 0. The fourth-order valence-corrected chi connectivity index (χ4v) is 4.68. The van der Waals surface area contributed by atoms with Crippen molar-refractivity contribution >= 4 is 35.1 Å². The van der Waals surface area contributed by atoms with Crippen molar-refractivity contribution in [2.24, 2.45) is 0 Å². The number of benzene rings is 2. The highest BCUT2D eigenvalue weighted by molar-refractivity contribution is 8.00. The van der Waals surface area contributed by atoms with Gasteiger partial charge in [-0.25, -0.2) is 0 Å². The van der Waals surface area contributed by atoms with E-state index in [1.165, 1.54) is 11.8 Å². The molecule has 1 amide bonds. The van der Waals surface area contributed by atoms with Crippen LogP contribution in [0.5, 0.6) is 0 Å². The summed E-state index contributed by atoms with van der Waals surface area (Å²) in [4.78, 5) is 19.1. The summed E-state index contributed by atoms with van der Waals surface area (Å²) in [6.45, 7) is 2.72. The van der Waals surface area contributed by atoms with E-state index in [0.29, 0.717) is 17.5 Å². The van der Waals surface area contributed by atoms with E-state index in [-0.39, 0.29) is 11.7 Å². The number of carbonyl (C=O) groups is 1. The minimum absolute atomic E-state index is 0.0869. The summed E-state index contributed by atoms with van der Waals surface area (Å²) in [6, 6.07) is 23.6. The number of aromatic nitrogens is 4. The summed E-state index contributed by atoms with van der Waals surface area (Å²) in [5.41, 5.74) is 1.56. The Morgan fingerprint density at radius 3 is 2.52 bits per heavy atom. The highest BCUT2D eigenvalue weighted by Gasteiger charge is 2.16. The van der Waals surface area contributed by atoms with Crippen molar-refractivity contribution in [1.82, 2.24) is 19.7 Å². The molecule has 0 bridgehead atoms. The van der Waals surface area contributed by atoms with Crippen LogP contribution >= 0.6 is 23.5 Å². The number of nitrogens with zero attached hydrogens (tertiary/aromatic N) is 4. The Kier molecular flexibility index (Phi) is 7.01. The molecule has 0 aliphatic rings. The van der Waals surface area contributed by atoms with E-state index in [1.807, 2.05) is 72.2 Å². The molecule has 0 saturated carbocycles. The van der Waals surface area contributed by atoms with Gasteiger partial charge < -0.3 is 9.88 Å². The van der Waals surface area contributed by atoms with Crippen LogP contribution in [0, 0.1) is 0 Å². The molecule has 156 valence electrons. The summed E-state index contributed by atoms with van der Waals surface area (Å²) in [5, 5.41) is 12.3. The smallest absolute Gasteiger partial charge is 0.234 e. The third-order valence-electron chi connectivity index (χ3n) is 4.39. The van der Waals surface area contributed by atoms with E-state index in [1.54, 1.807) is 18.0 Å². The molecule has 2 aromatic carbocycles. The molecule has 0 aliphatic carbocycles. The lowest BCUT2D eigenvalue weighted by atomic mass is 10.3. The number of carbonyl (C=O) groups excluding carboxylic acids is 1. The van der Waals surface area contributed by atoms with Crippen LogP contribution in [0.1, 0.15) is 6.92 Å². The number of thioether (sulfide) groups is 1. The zero-order chi connectivity index (χ0) is 21.5. The first-order valence-corrected chi connectivity index (χ1v) is 11.6. The van der Waals surface area contributed by atoms with E-state index in [0.717, 1.165) is 21.2 Å². The maximum atomic E-state index is 12.7. The van der Waals surface area contributed by atoms with Gasteiger partial charge in [0.05, 0.1) is 11.4 Å². The normalized spacial score (nSPS) is 10.7. The molecule has 2 aromatic heterocycles. The second kappa shape index (κ2) is 10.3. The van der Waals surface area contributed by atoms with Gasteiger partial charge in [-0.15, -0.1) is 10.2 Å². The van der Waals surface area contributed by atoms with Gasteiger partial charge in [0.1, 0.15) is 5.69 Å². The molecule has 0 saturated heterocycles. The van der Waals surface area contributed by atoms with Gasteiger partial charge in [-0.1, -0.05) is 59.9 Å². The van der Waals surface area contributed by atoms with Crippen molar-refractivity contribution in [1.29, 1.82) is 0 Å².